The SMILES string of the molecule is Cc1cc2ccc3c(-c4ccncc4)cc(-c4ccc5c(c4)Cc4ccccc4-5)c4ccc(c1)c2c34. The predicted octanol–water partition coefficient (Wildman–Crippen LogP) is 9.19. The number of hydrogen-bond acceptors (Lipinski definition) is 1. The maximum absolute atomic E-state index is 4.28. The van der Waals surface area contributed by atoms with Crippen molar-refractivity contribution < 1.29 is 0 Å². The first kappa shape index (κ1) is 19.8. The molecule has 0 amide bonds. The Labute approximate surface area is 210 Å². The van der Waals surface area contributed by atoms with Gasteiger partial charge in [0.15, 0.2) is 0 Å². The van der Waals surface area contributed by atoms with Crippen molar-refractivity contribution in [1.82, 2.24) is 4.98 Å². The Morgan fingerprint density at radius 1 is 0.528 bits per heavy atom. The molecule has 36 heavy (non-hydrogen) atoms. The molecule has 1 aromatic heterocycles. The van der Waals surface area contributed by atoms with Gasteiger partial charge >= 0.3 is 0 Å². The molecule has 7 aromatic rings. The van der Waals surface area contributed by atoms with Crippen molar-refractivity contribution in [2.75, 3.05) is 0 Å². The molecule has 0 radical (unpaired) electrons. The highest BCUT2D eigenvalue weighted by Crippen LogP contribution is 2.45. The van der Waals surface area contributed by atoms with Crippen LogP contribution < -0.4 is 0 Å². The lowest BCUT2D eigenvalue weighted by Crippen LogP contribution is -1.92. The summed E-state index contributed by atoms with van der Waals surface area (Å²) in [6.07, 6.45) is 4.79. The Morgan fingerprint density at radius 3 is 2.00 bits per heavy atom. The summed E-state index contributed by atoms with van der Waals surface area (Å²) in [4.78, 5) is 4.28. The molecule has 0 saturated carbocycles. The lowest BCUT2D eigenvalue weighted by atomic mass is 9.85. The van der Waals surface area contributed by atoms with Crippen LogP contribution in [-0.4, -0.2) is 4.98 Å². The van der Waals surface area contributed by atoms with E-state index in [-0.39, 0.29) is 0 Å². The standard InChI is InChI=1S/C35H23N/c1-21-16-25-7-10-30-32(22-12-14-36-15-13-22)20-33(31-11-8-26(17-21)34(25)35(30)31)24-6-9-29-27(19-24)18-23-4-2-3-5-28(23)29/h2-17,19-20H,18H2,1H3. The molecule has 8 rings (SSSR count). The van der Waals surface area contributed by atoms with Crippen molar-refractivity contribution in [2.45, 2.75) is 13.3 Å². The molecule has 0 unspecified atom stereocenters. The van der Waals surface area contributed by atoms with Crippen LogP contribution in [0.1, 0.15) is 16.7 Å². The Kier molecular flexibility index (Phi) is 3.99. The van der Waals surface area contributed by atoms with E-state index in [0.29, 0.717) is 0 Å². The minimum atomic E-state index is 1.00. The highest BCUT2D eigenvalue weighted by molar-refractivity contribution is 6.28. The number of nitrogens with zero attached hydrogens (tertiary/aromatic N) is 1. The van der Waals surface area contributed by atoms with E-state index >= 15 is 0 Å². The average Bonchev–Trinajstić information content (AvgIpc) is 3.29. The second kappa shape index (κ2) is 7.26. The van der Waals surface area contributed by atoms with E-state index in [1.165, 1.54) is 82.4 Å². The van der Waals surface area contributed by atoms with Gasteiger partial charge in [-0.05, 0) is 114 Å². The largest absolute Gasteiger partial charge is 0.265 e. The Hall–Kier alpha value is -4.49. The maximum atomic E-state index is 4.28. The quantitative estimate of drug-likeness (QED) is 0.236. The van der Waals surface area contributed by atoms with Crippen molar-refractivity contribution in [3.05, 3.63) is 126 Å². The zero-order valence-electron chi connectivity index (χ0n) is 20.0. The molecule has 0 aliphatic heterocycles. The van der Waals surface area contributed by atoms with E-state index in [4.69, 9.17) is 0 Å². The van der Waals surface area contributed by atoms with Crippen LogP contribution in [0.3, 0.4) is 0 Å². The summed E-state index contributed by atoms with van der Waals surface area (Å²) in [5.41, 5.74) is 11.9. The fourth-order valence-corrected chi connectivity index (χ4v) is 6.39. The number of aryl methyl sites for hydroxylation is 1. The molecular formula is C35H23N. The van der Waals surface area contributed by atoms with Crippen LogP contribution in [0.5, 0.6) is 0 Å². The van der Waals surface area contributed by atoms with E-state index < -0.39 is 0 Å². The lowest BCUT2D eigenvalue weighted by molar-refractivity contribution is 1.26. The smallest absolute Gasteiger partial charge is 0.0273 e. The van der Waals surface area contributed by atoms with Gasteiger partial charge in [0.1, 0.15) is 0 Å². The predicted molar refractivity (Wildman–Crippen MR) is 152 cm³/mol. The third-order valence-corrected chi connectivity index (χ3v) is 7.96. The monoisotopic (exact) mass is 457 g/mol. The van der Waals surface area contributed by atoms with E-state index in [1.54, 1.807) is 0 Å². The highest BCUT2D eigenvalue weighted by atomic mass is 14.6. The summed E-state index contributed by atoms with van der Waals surface area (Å²) in [6.45, 7) is 2.19. The summed E-state index contributed by atoms with van der Waals surface area (Å²) >= 11 is 0. The van der Waals surface area contributed by atoms with E-state index in [1.807, 2.05) is 12.4 Å². The van der Waals surface area contributed by atoms with Gasteiger partial charge in [-0.3, -0.25) is 4.98 Å². The van der Waals surface area contributed by atoms with Gasteiger partial charge in [0.25, 0.3) is 0 Å². The maximum Gasteiger partial charge on any atom is 0.0273 e. The minimum absolute atomic E-state index is 1.00. The van der Waals surface area contributed by atoms with Crippen molar-refractivity contribution in [2.24, 2.45) is 0 Å². The van der Waals surface area contributed by atoms with Crippen LogP contribution in [0.2, 0.25) is 0 Å². The Morgan fingerprint density at radius 2 is 1.22 bits per heavy atom. The zero-order chi connectivity index (χ0) is 23.8. The molecule has 0 saturated heterocycles. The minimum Gasteiger partial charge on any atom is -0.265 e. The van der Waals surface area contributed by atoms with Crippen LogP contribution in [0.15, 0.2) is 109 Å². The third kappa shape index (κ3) is 2.74. The average molecular weight is 458 g/mol. The summed E-state index contributed by atoms with van der Waals surface area (Å²) in [5.74, 6) is 0. The van der Waals surface area contributed by atoms with Gasteiger partial charge in [-0.25, -0.2) is 0 Å². The summed E-state index contributed by atoms with van der Waals surface area (Å²) in [5, 5.41) is 7.96. The van der Waals surface area contributed by atoms with Crippen LogP contribution in [-0.2, 0) is 6.42 Å². The fraction of sp³-hybridized carbons (Fsp3) is 0.0571. The molecule has 0 fully saturated rings. The number of benzene rings is 6. The second-order valence-corrected chi connectivity index (χ2v) is 10.1. The molecule has 0 N–H and O–H groups in total. The van der Waals surface area contributed by atoms with Crippen molar-refractivity contribution >= 4 is 32.3 Å². The molecule has 0 spiro atoms. The molecule has 0 atom stereocenters. The number of fused-ring (bicyclic) bond motifs is 3. The van der Waals surface area contributed by atoms with Crippen LogP contribution in [0.4, 0.5) is 0 Å². The van der Waals surface area contributed by atoms with E-state index in [0.717, 1.165) is 6.42 Å². The molecule has 1 heterocycles. The fourth-order valence-electron chi connectivity index (χ4n) is 6.39. The second-order valence-electron chi connectivity index (χ2n) is 10.1. The lowest BCUT2D eigenvalue weighted by Gasteiger charge is -2.19. The Bertz CT molecular complexity index is 1940. The van der Waals surface area contributed by atoms with Crippen molar-refractivity contribution in [1.29, 1.82) is 0 Å². The topological polar surface area (TPSA) is 12.9 Å². The first-order chi connectivity index (χ1) is 17.7. The van der Waals surface area contributed by atoms with Gasteiger partial charge in [-0.15, -0.1) is 0 Å². The molecule has 1 nitrogen and oxygen atoms in total. The van der Waals surface area contributed by atoms with E-state index in [2.05, 4.69) is 109 Å². The molecule has 1 aliphatic carbocycles. The first-order valence-electron chi connectivity index (χ1n) is 12.6. The molecular weight excluding hydrogens is 434 g/mol. The van der Waals surface area contributed by atoms with Gasteiger partial charge in [-0.2, -0.15) is 0 Å². The van der Waals surface area contributed by atoms with Gasteiger partial charge in [0.05, 0.1) is 0 Å². The highest BCUT2D eigenvalue weighted by Gasteiger charge is 2.21. The summed E-state index contributed by atoms with van der Waals surface area (Å²) in [7, 11) is 0. The van der Waals surface area contributed by atoms with Gasteiger partial charge in [0, 0.05) is 12.4 Å². The first-order valence-corrected chi connectivity index (χ1v) is 12.6. The van der Waals surface area contributed by atoms with Crippen LogP contribution in [0.25, 0.3) is 65.7 Å². The van der Waals surface area contributed by atoms with Gasteiger partial charge in [0.2, 0.25) is 0 Å². The third-order valence-electron chi connectivity index (χ3n) is 7.96. The number of hydrogen-bond donors (Lipinski definition) is 0. The molecule has 0 bridgehead atoms. The molecule has 168 valence electrons. The summed E-state index contributed by atoms with van der Waals surface area (Å²) < 4.78 is 0. The van der Waals surface area contributed by atoms with Crippen molar-refractivity contribution in [3.8, 4) is 33.4 Å². The van der Waals surface area contributed by atoms with E-state index in [9.17, 15) is 0 Å². The number of pyridine rings is 1. The summed E-state index contributed by atoms with van der Waals surface area (Å²) in [6, 6.07) is 36.4. The number of rotatable bonds is 2. The zero-order valence-corrected chi connectivity index (χ0v) is 20.0. The molecule has 1 aliphatic rings. The van der Waals surface area contributed by atoms with Crippen LogP contribution in [0, 0.1) is 6.92 Å². The number of aromatic nitrogens is 1. The van der Waals surface area contributed by atoms with Crippen molar-refractivity contribution in [3.63, 3.8) is 0 Å². The Balaban J connectivity index is 1.47. The normalized spacial score (nSPS) is 12.5. The van der Waals surface area contributed by atoms with Crippen LogP contribution >= 0.6 is 0 Å². The van der Waals surface area contributed by atoms with Gasteiger partial charge < -0.3 is 0 Å². The molecule has 6 aromatic carbocycles. The molecule has 1 heteroatoms. The van der Waals surface area contributed by atoms with Gasteiger partial charge in [-0.1, -0.05) is 78.9 Å².